The molecular formula is C15H17ClFN5O. The molecule has 1 aromatic heterocycles. The molecule has 3 N–H and O–H groups in total. The first kappa shape index (κ1) is 17.1. The highest BCUT2D eigenvalue weighted by molar-refractivity contribution is 6.30. The van der Waals surface area contributed by atoms with E-state index in [-0.39, 0.29) is 34.0 Å². The van der Waals surface area contributed by atoms with Crippen LogP contribution in [0.2, 0.25) is 5.02 Å². The lowest BCUT2D eigenvalue weighted by Gasteiger charge is -2.23. The molecule has 0 saturated heterocycles. The van der Waals surface area contributed by atoms with E-state index in [1.54, 1.807) is 6.07 Å². The SMILES string of the molecule is CC(=N)N(NC(C)C)C(=O)c1cnc(-c2ccc(Cl)cc2F)[nH]1. The summed E-state index contributed by atoms with van der Waals surface area (Å²) in [6.07, 6.45) is 1.31. The first-order valence-corrected chi connectivity index (χ1v) is 7.33. The first-order chi connectivity index (χ1) is 10.8. The smallest absolute Gasteiger partial charge is 0.291 e. The molecule has 0 aliphatic rings. The van der Waals surface area contributed by atoms with Crippen molar-refractivity contribution in [1.82, 2.24) is 20.4 Å². The van der Waals surface area contributed by atoms with E-state index in [9.17, 15) is 9.18 Å². The summed E-state index contributed by atoms with van der Waals surface area (Å²) in [6, 6.07) is 4.17. The van der Waals surface area contributed by atoms with Crippen molar-refractivity contribution < 1.29 is 9.18 Å². The zero-order valence-electron chi connectivity index (χ0n) is 12.9. The van der Waals surface area contributed by atoms with Gasteiger partial charge < -0.3 is 4.98 Å². The lowest BCUT2D eigenvalue weighted by Crippen LogP contribution is -2.48. The number of halogens is 2. The summed E-state index contributed by atoms with van der Waals surface area (Å²) in [5.74, 6) is -0.752. The van der Waals surface area contributed by atoms with Gasteiger partial charge in [-0.25, -0.2) is 19.8 Å². The highest BCUT2D eigenvalue weighted by atomic mass is 35.5. The molecule has 0 atom stereocenters. The largest absolute Gasteiger partial charge is 0.334 e. The molecule has 1 amide bonds. The summed E-state index contributed by atoms with van der Waals surface area (Å²) in [4.78, 5) is 19.3. The number of rotatable bonds is 4. The van der Waals surface area contributed by atoms with Crippen LogP contribution in [0.5, 0.6) is 0 Å². The number of aromatic amines is 1. The second-order valence-electron chi connectivity index (χ2n) is 5.28. The Morgan fingerprint density at radius 1 is 1.48 bits per heavy atom. The van der Waals surface area contributed by atoms with E-state index < -0.39 is 11.7 Å². The molecule has 1 aromatic carbocycles. The van der Waals surface area contributed by atoms with Crippen molar-refractivity contribution in [3.63, 3.8) is 0 Å². The number of imidazole rings is 1. The van der Waals surface area contributed by atoms with Crippen LogP contribution in [-0.4, -0.2) is 32.8 Å². The zero-order valence-corrected chi connectivity index (χ0v) is 13.7. The minimum Gasteiger partial charge on any atom is -0.334 e. The molecule has 0 bridgehead atoms. The van der Waals surface area contributed by atoms with E-state index in [0.29, 0.717) is 0 Å². The Bertz CT molecular complexity index is 743. The van der Waals surface area contributed by atoms with Crippen molar-refractivity contribution in [2.45, 2.75) is 26.8 Å². The van der Waals surface area contributed by atoms with E-state index in [0.717, 1.165) is 5.01 Å². The van der Waals surface area contributed by atoms with Crippen LogP contribution in [0, 0.1) is 11.2 Å². The van der Waals surface area contributed by atoms with Crippen LogP contribution in [0.25, 0.3) is 11.4 Å². The van der Waals surface area contributed by atoms with Gasteiger partial charge in [-0.2, -0.15) is 0 Å². The highest BCUT2D eigenvalue weighted by Gasteiger charge is 2.21. The third kappa shape index (κ3) is 3.94. The Balaban J connectivity index is 2.30. The van der Waals surface area contributed by atoms with Gasteiger partial charge in [0.15, 0.2) is 0 Å². The number of amides is 1. The van der Waals surface area contributed by atoms with Crippen molar-refractivity contribution in [2.75, 3.05) is 0 Å². The van der Waals surface area contributed by atoms with E-state index in [1.165, 1.54) is 25.3 Å². The molecule has 6 nitrogen and oxygen atoms in total. The Morgan fingerprint density at radius 3 is 2.74 bits per heavy atom. The number of nitrogens with one attached hydrogen (secondary N) is 3. The van der Waals surface area contributed by atoms with Gasteiger partial charge in [0.1, 0.15) is 23.2 Å². The molecule has 0 fully saturated rings. The van der Waals surface area contributed by atoms with Gasteiger partial charge in [0, 0.05) is 11.1 Å². The number of hydrogen-bond acceptors (Lipinski definition) is 4. The number of hydrazine groups is 1. The molecule has 2 rings (SSSR count). The van der Waals surface area contributed by atoms with Gasteiger partial charge in [-0.15, -0.1) is 0 Å². The molecule has 8 heteroatoms. The van der Waals surface area contributed by atoms with Gasteiger partial charge in [0.25, 0.3) is 5.91 Å². The maximum absolute atomic E-state index is 13.9. The molecule has 0 radical (unpaired) electrons. The monoisotopic (exact) mass is 337 g/mol. The summed E-state index contributed by atoms with van der Waals surface area (Å²) in [7, 11) is 0. The number of H-pyrrole nitrogens is 1. The van der Waals surface area contributed by atoms with E-state index in [2.05, 4.69) is 15.4 Å². The zero-order chi connectivity index (χ0) is 17.1. The average Bonchev–Trinajstić information content (AvgIpc) is 2.93. The standard InChI is InChI=1S/C15H17ClFN5O/c1-8(2)21-22(9(3)18)15(23)13-7-19-14(20-13)11-5-4-10(16)6-12(11)17/h4-8,18,21H,1-3H3,(H,19,20). The average molecular weight is 338 g/mol. The summed E-state index contributed by atoms with van der Waals surface area (Å²) < 4.78 is 13.9. The van der Waals surface area contributed by atoms with Crippen LogP contribution >= 0.6 is 11.6 Å². The summed E-state index contributed by atoms with van der Waals surface area (Å²) in [6.45, 7) is 5.19. The highest BCUT2D eigenvalue weighted by Crippen LogP contribution is 2.23. The Morgan fingerprint density at radius 2 is 2.17 bits per heavy atom. The van der Waals surface area contributed by atoms with Crippen molar-refractivity contribution in [3.05, 3.63) is 40.9 Å². The number of amidine groups is 1. The van der Waals surface area contributed by atoms with E-state index in [4.69, 9.17) is 17.0 Å². The minimum atomic E-state index is -0.536. The topological polar surface area (TPSA) is 84.9 Å². The predicted octanol–water partition coefficient (Wildman–Crippen LogP) is 3.22. The molecular weight excluding hydrogens is 321 g/mol. The Kier molecular flexibility index (Phi) is 5.12. The predicted molar refractivity (Wildman–Crippen MR) is 86.8 cm³/mol. The maximum Gasteiger partial charge on any atom is 0.291 e. The van der Waals surface area contributed by atoms with Crippen LogP contribution in [-0.2, 0) is 0 Å². The number of hydrogen-bond donors (Lipinski definition) is 3. The van der Waals surface area contributed by atoms with Crippen LogP contribution in [0.3, 0.4) is 0 Å². The summed E-state index contributed by atoms with van der Waals surface area (Å²) in [5, 5.41) is 9.08. The number of nitrogens with zero attached hydrogens (tertiary/aromatic N) is 2. The second kappa shape index (κ2) is 6.89. The normalized spacial score (nSPS) is 10.9. The molecule has 0 spiro atoms. The molecule has 0 saturated carbocycles. The number of carbonyl (C=O) groups is 1. The van der Waals surface area contributed by atoms with Gasteiger partial charge in [0.05, 0.1) is 11.8 Å². The fourth-order valence-electron chi connectivity index (χ4n) is 1.93. The number of benzene rings is 1. The van der Waals surface area contributed by atoms with Crippen LogP contribution in [0.1, 0.15) is 31.3 Å². The van der Waals surface area contributed by atoms with Gasteiger partial charge in [0.2, 0.25) is 0 Å². The third-order valence-electron chi connectivity index (χ3n) is 2.92. The van der Waals surface area contributed by atoms with Gasteiger partial charge >= 0.3 is 0 Å². The fourth-order valence-corrected chi connectivity index (χ4v) is 2.09. The molecule has 0 aliphatic carbocycles. The fraction of sp³-hybridized carbons (Fsp3) is 0.267. The maximum atomic E-state index is 13.9. The van der Waals surface area contributed by atoms with E-state index >= 15 is 0 Å². The molecule has 0 unspecified atom stereocenters. The van der Waals surface area contributed by atoms with Crippen molar-refractivity contribution in [3.8, 4) is 11.4 Å². The number of carbonyl (C=O) groups excluding carboxylic acids is 1. The Hall–Kier alpha value is -2.25. The van der Waals surface area contributed by atoms with Gasteiger partial charge in [-0.1, -0.05) is 11.6 Å². The lowest BCUT2D eigenvalue weighted by molar-refractivity contribution is 0.0768. The summed E-state index contributed by atoms with van der Waals surface area (Å²) >= 11 is 5.72. The quantitative estimate of drug-likeness (QED) is 0.455. The Labute approximate surface area is 138 Å². The van der Waals surface area contributed by atoms with Crippen LogP contribution < -0.4 is 5.43 Å². The summed E-state index contributed by atoms with van der Waals surface area (Å²) in [5.41, 5.74) is 3.22. The van der Waals surface area contributed by atoms with Gasteiger partial charge in [-0.3, -0.25) is 10.2 Å². The molecule has 0 aliphatic heterocycles. The van der Waals surface area contributed by atoms with E-state index in [1.807, 2.05) is 13.8 Å². The van der Waals surface area contributed by atoms with Crippen LogP contribution in [0.15, 0.2) is 24.4 Å². The van der Waals surface area contributed by atoms with Crippen molar-refractivity contribution >= 4 is 23.3 Å². The molecule has 23 heavy (non-hydrogen) atoms. The molecule has 1 heterocycles. The van der Waals surface area contributed by atoms with Crippen molar-refractivity contribution in [1.29, 1.82) is 5.41 Å². The second-order valence-corrected chi connectivity index (χ2v) is 5.72. The van der Waals surface area contributed by atoms with Gasteiger partial charge in [-0.05, 0) is 39.0 Å². The number of aromatic nitrogens is 2. The molecule has 122 valence electrons. The third-order valence-corrected chi connectivity index (χ3v) is 3.15. The van der Waals surface area contributed by atoms with Crippen LogP contribution in [0.4, 0.5) is 4.39 Å². The lowest BCUT2D eigenvalue weighted by atomic mass is 10.2. The van der Waals surface area contributed by atoms with Crippen molar-refractivity contribution in [2.24, 2.45) is 0 Å². The minimum absolute atomic E-state index is 0.0321. The first-order valence-electron chi connectivity index (χ1n) is 6.95. The molecule has 2 aromatic rings.